The van der Waals surface area contributed by atoms with Gasteiger partial charge in [-0.05, 0) is 24.3 Å². The van der Waals surface area contributed by atoms with Gasteiger partial charge in [0.2, 0.25) is 0 Å². The minimum absolute atomic E-state index is 0.0132. The first-order chi connectivity index (χ1) is 13.2. The topological polar surface area (TPSA) is 73.1 Å². The zero-order chi connectivity index (χ0) is 19.1. The number of para-hydroxylation sites is 1. The summed E-state index contributed by atoms with van der Waals surface area (Å²) in [6.07, 6.45) is 4.36. The zero-order valence-electron chi connectivity index (χ0n) is 14.5. The number of pyridine rings is 1. The smallest absolute Gasteiger partial charge is 0.191 e. The summed E-state index contributed by atoms with van der Waals surface area (Å²) >= 11 is 1.35. The summed E-state index contributed by atoms with van der Waals surface area (Å²) in [6.45, 7) is 4.30. The van der Waals surface area contributed by atoms with Gasteiger partial charge in [-0.1, -0.05) is 30.0 Å². The molecule has 1 N–H and O–H groups in total. The number of aliphatic hydroxyl groups excluding tert-OH is 1. The maximum absolute atomic E-state index is 13.5. The Morgan fingerprint density at radius 2 is 2.00 bits per heavy atom. The lowest BCUT2D eigenvalue weighted by Gasteiger charge is -2.13. The van der Waals surface area contributed by atoms with Gasteiger partial charge in [0, 0.05) is 30.3 Å². The predicted molar refractivity (Wildman–Crippen MR) is 102 cm³/mol. The Hall–Kier alpha value is -2.71. The standard InChI is InChI=1S/C19H19FN4O2S/c1-2-11-24-18(14-7-9-21-10-8-14)22-23-19(24)27-13-15(25)12-26-17-6-4-3-5-16(17)20/h2-10,15,25H,1,11-13H2. The third-order valence-electron chi connectivity index (χ3n) is 3.64. The summed E-state index contributed by atoms with van der Waals surface area (Å²) in [4.78, 5) is 4.01. The van der Waals surface area contributed by atoms with Gasteiger partial charge in [-0.15, -0.1) is 16.8 Å². The van der Waals surface area contributed by atoms with Crippen molar-refractivity contribution in [1.82, 2.24) is 19.7 Å². The molecule has 0 radical (unpaired) electrons. The molecule has 3 rings (SSSR count). The second-order valence-electron chi connectivity index (χ2n) is 5.65. The molecule has 1 unspecified atom stereocenters. The molecule has 1 aromatic carbocycles. The molecule has 6 nitrogen and oxygen atoms in total. The zero-order valence-corrected chi connectivity index (χ0v) is 15.3. The summed E-state index contributed by atoms with van der Waals surface area (Å²) in [7, 11) is 0. The molecule has 140 valence electrons. The van der Waals surface area contributed by atoms with Gasteiger partial charge in [-0.3, -0.25) is 9.55 Å². The molecule has 0 amide bonds. The quantitative estimate of drug-likeness (QED) is 0.450. The molecule has 8 heteroatoms. The molecule has 0 aliphatic heterocycles. The minimum Gasteiger partial charge on any atom is -0.488 e. The molecule has 0 aliphatic carbocycles. The van der Waals surface area contributed by atoms with Crippen LogP contribution >= 0.6 is 11.8 Å². The average molecular weight is 386 g/mol. The van der Waals surface area contributed by atoms with E-state index in [1.807, 2.05) is 16.7 Å². The number of nitrogens with zero attached hydrogens (tertiary/aromatic N) is 4. The van der Waals surface area contributed by atoms with Crippen molar-refractivity contribution in [2.45, 2.75) is 17.8 Å². The van der Waals surface area contributed by atoms with Gasteiger partial charge < -0.3 is 9.84 Å². The van der Waals surface area contributed by atoms with E-state index in [4.69, 9.17) is 4.74 Å². The average Bonchev–Trinajstić information content (AvgIpc) is 3.09. The molecule has 2 heterocycles. The van der Waals surface area contributed by atoms with Gasteiger partial charge in [-0.25, -0.2) is 4.39 Å². The number of hydrogen-bond donors (Lipinski definition) is 1. The lowest BCUT2D eigenvalue weighted by atomic mass is 10.2. The van der Waals surface area contributed by atoms with Crippen LogP contribution in [0.15, 0.2) is 66.6 Å². The van der Waals surface area contributed by atoms with E-state index >= 15 is 0 Å². The van der Waals surface area contributed by atoms with E-state index in [9.17, 15) is 9.50 Å². The second kappa shape index (κ2) is 9.29. The Morgan fingerprint density at radius 3 is 2.74 bits per heavy atom. The Balaban J connectivity index is 1.63. The van der Waals surface area contributed by atoms with Gasteiger partial charge >= 0.3 is 0 Å². The highest BCUT2D eigenvalue weighted by Gasteiger charge is 2.16. The monoisotopic (exact) mass is 386 g/mol. The summed E-state index contributed by atoms with van der Waals surface area (Å²) in [6, 6.07) is 9.81. The first-order valence-electron chi connectivity index (χ1n) is 8.31. The van der Waals surface area contributed by atoms with Crippen LogP contribution < -0.4 is 4.74 Å². The number of thioether (sulfide) groups is 1. The number of allylic oxidation sites excluding steroid dienone is 1. The van der Waals surface area contributed by atoms with E-state index in [0.29, 0.717) is 23.3 Å². The highest BCUT2D eigenvalue weighted by atomic mass is 32.2. The Bertz CT molecular complexity index is 888. The van der Waals surface area contributed by atoms with Crippen molar-refractivity contribution in [3.8, 4) is 17.1 Å². The third-order valence-corrected chi connectivity index (χ3v) is 4.75. The van der Waals surface area contributed by atoms with Crippen molar-refractivity contribution < 1.29 is 14.2 Å². The maximum Gasteiger partial charge on any atom is 0.191 e. The summed E-state index contributed by atoms with van der Waals surface area (Å²) in [5, 5.41) is 19.3. The van der Waals surface area contributed by atoms with Gasteiger partial charge in [-0.2, -0.15) is 0 Å². The van der Waals surface area contributed by atoms with Crippen molar-refractivity contribution in [3.05, 3.63) is 67.3 Å². The van der Waals surface area contributed by atoms with E-state index in [2.05, 4.69) is 21.8 Å². The summed E-state index contributed by atoms with van der Waals surface area (Å²) in [5.41, 5.74) is 0.898. The van der Waals surface area contributed by atoms with E-state index in [1.165, 1.54) is 23.9 Å². The molecule has 3 aromatic rings. The van der Waals surface area contributed by atoms with Crippen LogP contribution in [-0.2, 0) is 6.54 Å². The van der Waals surface area contributed by atoms with Crippen LogP contribution in [-0.4, -0.2) is 43.3 Å². The number of aliphatic hydroxyl groups is 1. The van der Waals surface area contributed by atoms with Crippen LogP contribution in [0.25, 0.3) is 11.4 Å². The second-order valence-corrected chi connectivity index (χ2v) is 6.63. The molecule has 0 aliphatic rings. The third kappa shape index (κ3) is 4.93. The van der Waals surface area contributed by atoms with Crippen LogP contribution in [0.4, 0.5) is 4.39 Å². The van der Waals surface area contributed by atoms with Crippen molar-refractivity contribution in [3.63, 3.8) is 0 Å². The fraction of sp³-hybridized carbons (Fsp3) is 0.211. The molecule has 0 saturated heterocycles. The minimum atomic E-state index is -0.784. The summed E-state index contributed by atoms with van der Waals surface area (Å²) in [5.74, 6) is 0.707. The lowest BCUT2D eigenvalue weighted by molar-refractivity contribution is 0.123. The highest BCUT2D eigenvalue weighted by molar-refractivity contribution is 7.99. The molecular formula is C19H19FN4O2S. The first kappa shape index (κ1) is 19.1. The normalized spacial score (nSPS) is 11.9. The maximum atomic E-state index is 13.5. The van der Waals surface area contributed by atoms with E-state index in [-0.39, 0.29) is 12.4 Å². The molecule has 0 saturated carbocycles. The predicted octanol–water partition coefficient (Wildman–Crippen LogP) is 3.20. The van der Waals surface area contributed by atoms with E-state index in [1.54, 1.807) is 30.6 Å². The number of halogens is 1. The number of aromatic nitrogens is 4. The van der Waals surface area contributed by atoms with E-state index < -0.39 is 11.9 Å². The van der Waals surface area contributed by atoms with Crippen LogP contribution in [0.5, 0.6) is 5.75 Å². The Kier molecular flexibility index (Phi) is 6.56. The van der Waals surface area contributed by atoms with Gasteiger partial charge in [0.25, 0.3) is 0 Å². The Morgan fingerprint density at radius 1 is 1.22 bits per heavy atom. The SMILES string of the molecule is C=CCn1c(SCC(O)COc2ccccc2F)nnc1-c1ccncc1. The van der Waals surface area contributed by atoms with E-state index in [0.717, 1.165) is 5.56 Å². The van der Waals surface area contributed by atoms with Crippen molar-refractivity contribution >= 4 is 11.8 Å². The van der Waals surface area contributed by atoms with Crippen LogP contribution in [0.1, 0.15) is 0 Å². The fourth-order valence-corrected chi connectivity index (χ4v) is 3.22. The Labute approximate surface area is 160 Å². The largest absolute Gasteiger partial charge is 0.488 e. The molecule has 0 bridgehead atoms. The molecule has 27 heavy (non-hydrogen) atoms. The van der Waals surface area contributed by atoms with Gasteiger partial charge in [0.1, 0.15) is 6.61 Å². The summed E-state index contributed by atoms with van der Waals surface area (Å²) < 4.78 is 20.8. The molecule has 0 spiro atoms. The molecule has 0 fully saturated rings. The number of hydrogen-bond acceptors (Lipinski definition) is 6. The van der Waals surface area contributed by atoms with Gasteiger partial charge in [0.05, 0.1) is 6.10 Å². The first-order valence-corrected chi connectivity index (χ1v) is 9.30. The van der Waals surface area contributed by atoms with Crippen LogP contribution in [0.2, 0.25) is 0 Å². The van der Waals surface area contributed by atoms with Crippen molar-refractivity contribution in [1.29, 1.82) is 0 Å². The molecular weight excluding hydrogens is 367 g/mol. The fourth-order valence-electron chi connectivity index (χ4n) is 2.37. The number of benzene rings is 1. The van der Waals surface area contributed by atoms with Crippen LogP contribution in [0.3, 0.4) is 0 Å². The van der Waals surface area contributed by atoms with Crippen molar-refractivity contribution in [2.24, 2.45) is 0 Å². The highest BCUT2D eigenvalue weighted by Crippen LogP contribution is 2.24. The number of ether oxygens (including phenoxy) is 1. The molecule has 1 atom stereocenters. The number of rotatable bonds is 9. The van der Waals surface area contributed by atoms with Crippen molar-refractivity contribution in [2.75, 3.05) is 12.4 Å². The van der Waals surface area contributed by atoms with Crippen LogP contribution in [0, 0.1) is 5.82 Å². The van der Waals surface area contributed by atoms with Gasteiger partial charge in [0.15, 0.2) is 22.5 Å². The lowest BCUT2D eigenvalue weighted by Crippen LogP contribution is -2.20. The molecule has 2 aromatic heterocycles.